The Bertz CT molecular complexity index is 803. The summed E-state index contributed by atoms with van der Waals surface area (Å²) in [4.78, 5) is 4.46. The quantitative estimate of drug-likeness (QED) is 0.504. The van der Waals surface area contributed by atoms with Gasteiger partial charge >= 0.3 is 0 Å². The minimum Gasteiger partial charge on any atom is -0.377 e. The van der Waals surface area contributed by atoms with Crippen molar-refractivity contribution >= 4 is 66.4 Å². The molecule has 0 saturated carbocycles. The van der Waals surface area contributed by atoms with Gasteiger partial charge in [-0.3, -0.25) is 4.98 Å². The van der Waals surface area contributed by atoms with Crippen LogP contribution < -0.4 is 5.32 Å². The average molecular weight is 402 g/mol. The maximum absolute atomic E-state index is 6.27. The molecule has 0 aliphatic heterocycles. The van der Waals surface area contributed by atoms with Gasteiger partial charge in [0.15, 0.2) is 0 Å². The van der Waals surface area contributed by atoms with Gasteiger partial charge in [-0.05, 0) is 58.1 Å². The molecule has 3 rings (SSSR count). The fraction of sp³-hybridized carbons (Fsp3) is 0.133. The molecule has 0 aliphatic rings. The highest BCUT2D eigenvalue weighted by atomic mass is 79.9. The van der Waals surface area contributed by atoms with Crippen LogP contribution in [0, 0.1) is 0 Å². The van der Waals surface area contributed by atoms with Crippen molar-refractivity contribution in [3.63, 3.8) is 0 Å². The van der Waals surface area contributed by atoms with Crippen molar-refractivity contribution in [2.24, 2.45) is 0 Å². The Morgan fingerprint density at radius 1 is 1.24 bits per heavy atom. The van der Waals surface area contributed by atoms with Gasteiger partial charge < -0.3 is 5.32 Å². The summed E-state index contributed by atoms with van der Waals surface area (Å²) in [5.41, 5.74) is 2.95. The van der Waals surface area contributed by atoms with Crippen LogP contribution in [-0.4, -0.2) is 4.98 Å². The van der Waals surface area contributed by atoms with E-state index in [1.807, 2.05) is 29.8 Å². The van der Waals surface area contributed by atoms with Crippen LogP contribution in [0.25, 0.3) is 10.2 Å². The molecule has 108 valence electrons. The van der Waals surface area contributed by atoms with Crippen LogP contribution in [0.1, 0.15) is 18.5 Å². The molecule has 0 amide bonds. The number of anilines is 1. The highest BCUT2D eigenvalue weighted by Crippen LogP contribution is 2.37. The second kappa shape index (κ2) is 6.13. The van der Waals surface area contributed by atoms with Crippen molar-refractivity contribution in [1.82, 2.24) is 4.98 Å². The molecule has 0 bridgehead atoms. The monoisotopic (exact) mass is 400 g/mol. The van der Waals surface area contributed by atoms with Gasteiger partial charge in [0.05, 0.1) is 32.0 Å². The Labute approximate surface area is 145 Å². The Kier molecular flexibility index (Phi) is 4.41. The number of pyridine rings is 1. The zero-order chi connectivity index (χ0) is 15.0. The molecule has 2 nitrogen and oxygen atoms in total. The fourth-order valence-electron chi connectivity index (χ4n) is 2.05. The van der Waals surface area contributed by atoms with Crippen LogP contribution in [0.2, 0.25) is 10.0 Å². The summed E-state index contributed by atoms with van der Waals surface area (Å²) in [6.07, 6.45) is 1.89. The van der Waals surface area contributed by atoms with Gasteiger partial charge in [-0.25, -0.2) is 0 Å². The van der Waals surface area contributed by atoms with E-state index < -0.39 is 0 Å². The van der Waals surface area contributed by atoms with Crippen molar-refractivity contribution in [3.8, 4) is 0 Å². The zero-order valence-electron chi connectivity index (χ0n) is 11.0. The first-order valence-corrected chi connectivity index (χ1v) is 8.72. The number of thiophene rings is 1. The van der Waals surface area contributed by atoms with Crippen LogP contribution in [0.15, 0.2) is 40.3 Å². The van der Waals surface area contributed by atoms with Crippen molar-refractivity contribution in [3.05, 3.63) is 55.9 Å². The zero-order valence-corrected chi connectivity index (χ0v) is 14.9. The molecule has 0 saturated heterocycles. The van der Waals surface area contributed by atoms with Crippen molar-refractivity contribution < 1.29 is 0 Å². The van der Waals surface area contributed by atoms with Gasteiger partial charge in [0, 0.05) is 10.7 Å². The molecule has 1 N–H and O–H groups in total. The Morgan fingerprint density at radius 2 is 2.05 bits per heavy atom. The van der Waals surface area contributed by atoms with Crippen LogP contribution in [0.4, 0.5) is 5.69 Å². The van der Waals surface area contributed by atoms with Crippen LogP contribution in [0.5, 0.6) is 0 Å². The van der Waals surface area contributed by atoms with Crippen molar-refractivity contribution in [2.75, 3.05) is 5.32 Å². The standard InChI is InChI=1S/C15H11BrCl2N2S/c1-8(9-6-13-11(19-7-9)4-5-21-13)20-12-3-2-10(16)14(17)15(12)18/h2-8,20H,1H3. The highest BCUT2D eigenvalue weighted by Gasteiger charge is 2.12. The number of hydrogen-bond acceptors (Lipinski definition) is 3. The van der Waals surface area contributed by atoms with E-state index in [9.17, 15) is 0 Å². The van der Waals surface area contributed by atoms with Crippen LogP contribution in [-0.2, 0) is 0 Å². The SMILES string of the molecule is CC(Nc1ccc(Br)c(Cl)c1Cl)c1cnc2ccsc2c1. The number of fused-ring (bicyclic) bond motifs is 1. The summed E-state index contributed by atoms with van der Waals surface area (Å²) in [6, 6.07) is 8.04. The molecular weight excluding hydrogens is 391 g/mol. The second-order valence-electron chi connectivity index (χ2n) is 4.66. The van der Waals surface area contributed by atoms with Gasteiger partial charge in [-0.15, -0.1) is 11.3 Å². The molecule has 21 heavy (non-hydrogen) atoms. The van der Waals surface area contributed by atoms with Crippen molar-refractivity contribution in [1.29, 1.82) is 0 Å². The smallest absolute Gasteiger partial charge is 0.0835 e. The third-order valence-corrected chi connectivity index (χ3v) is 5.86. The van der Waals surface area contributed by atoms with E-state index >= 15 is 0 Å². The van der Waals surface area contributed by atoms with E-state index in [1.165, 1.54) is 4.70 Å². The predicted molar refractivity (Wildman–Crippen MR) is 95.8 cm³/mol. The largest absolute Gasteiger partial charge is 0.377 e. The van der Waals surface area contributed by atoms with E-state index in [0.29, 0.717) is 10.0 Å². The van der Waals surface area contributed by atoms with Crippen molar-refractivity contribution in [2.45, 2.75) is 13.0 Å². The predicted octanol–water partition coefficient (Wildman–Crippen LogP) is 6.54. The lowest BCUT2D eigenvalue weighted by Crippen LogP contribution is -2.07. The fourth-order valence-corrected chi connectivity index (χ4v) is 3.67. The lowest BCUT2D eigenvalue weighted by molar-refractivity contribution is 0.880. The first kappa shape index (κ1) is 15.1. The molecular formula is C15H11BrCl2N2S. The molecule has 0 spiro atoms. The third-order valence-electron chi connectivity index (χ3n) is 3.23. The molecule has 3 aromatic rings. The topological polar surface area (TPSA) is 24.9 Å². The summed E-state index contributed by atoms with van der Waals surface area (Å²) in [6.45, 7) is 2.07. The second-order valence-corrected chi connectivity index (χ2v) is 7.22. The van der Waals surface area contributed by atoms with Gasteiger partial charge in [0.1, 0.15) is 0 Å². The normalized spacial score (nSPS) is 12.6. The maximum atomic E-state index is 6.27. The van der Waals surface area contributed by atoms with E-state index in [-0.39, 0.29) is 6.04 Å². The first-order valence-electron chi connectivity index (χ1n) is 6.29. The van der Waals surface area contributed by atoms with E-state index in [4.69, 9.17) is 23.2 Å². The number of halogens is 3. The number of benzene rings is 1. The van der Waals surface area contributed by atoms with Gasteiger partial charge in [-0.2, -0.15) is 0 Å². The van der Waals surface area contributed by atoms with Gasteiger partial charge in [0.2, 0.25) is 0 Å². The van der Waals surface area contributed by atoms with E-state index in [0.717, 1.165) is 21.2 Å². The van der Waals surface area contributed by atoms with Crippen LogP contribution >= 0.6 is 50.5 Å². The lowest BCUT2D eigenvalue weighted by Gasteiger charge is -2.17. The maximum Gasteiger partial charge on any atom is 0.0835 e. The first-order chi connectivity index (χ1) is 10.1. The molecule has 0 aliphatic carbocycles. The average Bonchev–Trinajstić information content (AvgIpc) is 2.95. The molecule has 0 fully saturated rings. The number of nitrogens with one attached hydrogen (secondary N) is 1. The van der Waals surface area contributed by atoms with Crippen LogP contribution in [0.3, 0.4) is 0 Å². The van der Waals surface area contributed by atoms with E-state index in [2.05, 4.69) is 39.2 Å². The molecule has 1 aromatic carbocycles. The highest BCUT2D eigenvalue weighted by molar-refractivity contribution is 9.10. The number of aromatic nitrogens is 1. The number of hydrogen-bond donors (Lipinski definition) is 1. The van der Waals surface area contributed by atoms with Gasteiger partial charge in [0.25, 0.3) is 0 Å². The molecule has 2 aromatic heterocycles. The number of nitrogens with zero attached hydrogens (tertiary/aromatic N) is 1. The minimum absolute atomic E-state index is 0.0822. The summed E-state index contributed by atoms with van der Waals surface area (Å²) in [5.74, 6) is 0. The molecule has 0 radical (unpaired) electrons. The van der Waals surface area contributed by atoms with Gasteiger partial charge in [-0.1, -0.05) is 23.2 Å². The Balaban J connectivity index is 1.88. The summed E-state index contributed by atoms with van der Waals surface area (Å²) in [7, 11) is 0. The number of rotatable bonds is 3. The third kappa shape index (κ3) is 3.04. The molecule has 6 heteroatoms. The summed E-state index contributed by atoms with van der Waals surface area (Å²) >= 11 is 17.5. The minimum atomic E-state index is 0.0822. The summed E-state index contributed by atoms with van der Waals surface area (Å²) in [5, 5.41) is 6.46. The Morgan fingerprint density at radius 3 is 2.86 bits per heavy atom. The Hall–Kier alpha value is -0.810. The lowest BCUT2D eigenvalue weighted by atomic mass is 10.1. The summed E-state index contributed by atoms with van der Waals surface area (Å²) < 4.78 is 1.97. The van der Waals surface area contributed by atoms with E-state index in [1.54, 1.807) is 11.3 Å². The molecule has 2 heterocycles. The molecule has 1 unspecified atom stereocenters. The molecule has 1 atom stereocenters.